The van der Waals surface area contributed by atoms with E-state index in [0.717, 1.165) is 17.9 Å². The molecule has 0 saturated carbocycles. The van der Waals surface area contributed by atoms with Crippen molar-refractivity contribution in [3.63, 3.8) is 0 Å². The predicted octanol–water partition coefficient (Wildman–Crippen LogP) is 1.61. The second-order valence-corrected chi connectivity index (χ2v) is 3.34. The molecule has 0 saturated heterocycles. The van der Waals surface area contributed by atoms with Crippen molar-refractivity contribution >= 4 is 17.3 Å². The standard InChI is InChI=1S/C8H10N4S/c1-2-12-7(3-10-8(12)9)6-4-13-5-11-6/h3-5H,2H2,1H3,(H2,9,10). The average Bonchev–Trinajstić information content (AvgIpc) is 2.71. The Hall–Kier alpha value is -1.36. The van der Waals surface area contributed by atoms with Crippen molar-refractivity contribution in [1.82, 2.24) is 14.5 Å². The lowest BCUT2D eigenvalue weighted by atomic mass is 10.3. The molecule has 4 nitrogen and oxygen atoms in total. The molecule has 2 aromatic heterocycles. The van der Waals surface area contributed by atoms with E-state index < -0.39 is 0 Å². The van der Waals surface area contributed by atoms with Crippen LogP contribution in [0.2, 0.25) is 0 Å². The quantitative estimate of drug-likeness (QED) is 0.790. The largest absolute Gasteiger partial charge is 0.369 e. The topological polar surface area (TPSA) is 56.7 Å². The highest BCUT2D eigenvalue weighted by molar-refractivity contribution is 7.07. The summed E-state index contributed by atoms with van der Waals surface area (Å²) in [7, 11) is 0. The number of thiazole rings is 1. The van der Waals surface area contributed by atoms with Crippen molar-refractivity contribution in [2.45, 2.75) is 13.5 Å². The normalized spacial score (nSPS) is 10.5. The van der Waals surface area contributed by atoms with E-state index in [-0.39, 0.29) is 0 Å². The van der Waals surface area contributed by atoms with E-state index in [0.29, 0.717) is 5.95 Å². The van der Waals surface area contributed by atoms with Crippen LogP contribution >= 0.6 is 11.3 Å². The van der Waals surface area contributed by atoms with Crippen LogP contribution in [0, 0.1) is 0 Å². The van der Waals surface area contributed by atoms with Crippen LogP contribution < -0.4 is 5.73 Å². The molecule has 0 unspecified atom stereocenters. The zero-order valence-electron chi connectivity index (χ0n) is 7.27. The molecule has 0 aromatic carbocycles. The van der Waals surface area contributed by atoms with Crippen LogP contribution in [-0.4, -0.2) is 14.5 Å². The Kier molecular flexibility index (Phi) is 2.02. The molecule has 0 spiro atoms. The van der Waals surface area contributed by atoms with E-state index in [2.05, 4.69) is 9.97 Å². The summed E-state index contributed by atoms with van der Waals surface area (Å²) in [6.45, 7) is 2.85. The van der Waals surface area contributed by atoms with E-state index in [4.69, 9.17) is 5.73 Å². The molecule has 0 aliphatic carbocycles. The molecule has 2 rings (SSSR count). The third kappa shape index (κ3) is 1.31. The van der Waals surface area contributed by atoms with E-state index in [1.807, 2.05) is 16.9 Å². The van der Waals surface area contributed by atoms with Gasteiger partial charge in [-0.1, -0.05) is 0 Å². The minimum Gasteiger partial charge on any atom is -0.369 e. The molecular weight excluding hydrogens is 184 g/mol. The Morgan fingerprint density at radius 2 is 2.38 bits per heavy atom. The molecule has 0 bridgehead atoms. The monoisotopic (exact) mass is 194 g/mol. The predicted molar refractivity (Wildman–Crippen MR) is 53.4 cm³/mol. The van der Waals surface area contributed by atoms with E-state index in [1.54, 1.807) is 23.0 Å². The second kappa shape index (κ2) is 3.18. The Balaban J connectivity index is 2.52. The number of nitrogen functional groups attached to an aromatic ring is 1. The fraction of sp³-hybridized carbons (Fsp3) is 0.250. The summed E-state index contributed by atoms with van der Waals surface area (Å²) in [5.74, 6) is 0.547. The van der Waals surface area contributed by atoms with Crippen molar-refractivity contribution < 1.29 is 0 Å². The summed E-state index contributed by atoms with van der Waals surface area (Å²) in [6.07, 6.45) is 1.76. The van der Waals surface area contributed by atoms with Gasteiger partial charge in [-0.05, 0) is 6.92 Å². The van der Waals surface area contributed by atoms with Gasteiger partial charge in [-0.15, -0.1) is 11.3 Å². The molecular formula is C8H10N4S. The molecule has 2 heterocycles. The number of anilines is 1. The number of hydrogen-bond donors (Lipinski definition) is 1. The van der Waals surface area contributed by atoms with E-state index >= 15 is 0 Å². The van der Waals surface area contributed by atoms with Gasteiger partial charge < -0.3 is 10.3 Å². The van der Waals surface area contributed by atoms with Crippen LogP contribution in [0.3, 0.4) is 0 Å². The molecule has 0 fully saturated rings. The molecule has 0 atom stereocenters. The minimum atomic E-state index is 0.547. The number of nitrogens with zero attached hydrogens (tertiary/aromatic N) is 3. The highest BCUT2D eigenvalue weighted by Gasteiger charge is 2.08. The summed E-state index contributed by atoms with van der Waals surface area (Å²) >= 11 is 1.57. The summed E-state index contributed by atoms with van der Waals surface area (Å²) < 4.78 is 1.94. The number of rotatable bonds is 2. The number of hydrogen-bond acceptors (Lipinski definition) is 4. The van der Waals surface area contributed by atoms with Crippen molar-refractivity contribution in [3.05, 3.63) is 17.1 Å². The lowest BCUT2D eigenvalue weighted by molar-refractivity contribution is 0.780. The van der Waals surface area contributed by atoms with Gasteiger partial charge in [0.25, 0.3) is 0 Å². The van der Waals surface area contributed by atoms with Gasteiger partial charge in [0.2, 0.25) is 5.95 Å². The van der Waals surface area contributed by atoms with Crippen molar-refractivity contribution in [2.75, 3.05) is 5.73 Å². The molecule has 0 aliphatic rings. The highest BCUT2D eigenvalue weighted by atomic mass is 32.1. The van der Waals surface area contributed by atoms with Crippen molar-refractivity contribution in [2.24, 2.45) is 0 Å². The van der Waals surface area contributed by atoms with Gasteiger partial charge in [0.15, 0.2) is 0 Å². The fourth-order valence-corrected chi connectivity index (χ4v) is 1.81. The Bertz CT molecular complexity index is 390. The van der Waals surface area contributed by atoms with Gasteiger partial charge in [-0.25, -0.2) is 9.97 Å². The number of nitrogens with two attached hydrogens (primary N) is 1. The average molecular weight is 194 g/mol. The van der Waals surface area contributed by atoms with Gasteiger partial charge in [-0.2, -0.15) is 0 Å². The van der Waals surface area contributed by atoms with Crippen LogP contribution in [0.5, 0.6) is 0 Å². The van der Waals surface area contributed by atoms with Gasteiger partial charge in [0.05, 0.1) is 23.1 Å². The minimum absolute atomic E-state index is 0.547. The molecule has 2 aromatic rings. The van der Waals surface area contributed by atoms with Crippen LogP contribution in [0.1, 0.15) is 6.92 Å². The Morgan fingerprint density at radius 3 is 3.00 bits per heavy atom. The molecule has 5 heteroatoms. The summed E-state index contributed by atoms with van der Waals surface area (Å²) in [6, 6.07) is 0. The second-order valence-electron chi connectivity index (χ2n) is 2.62. The molecule has 0 amide bonds. The van der Waals surface area contributed by atoms with Crippen LogP contribution in [-0.2, 0) is 6.54 Å². The lowest BCUT2D eigenvalue weighted by Gasteiger charge is -2.03. The first-order chi connectivity index (χ1) is 6.33. The summed E-state index contributed by atoms with van der Waals surface area (Å²) in [5, 5.41) is 1.99. The summed E-state index contributed by atoms with van der Waals surface area (Å²) in [5.41, 5.74) is 9.42. The van der Waals surface area contributed by atoms with E-state index in [1.165, 1.54) is 0 Å². The lowest BCUT2D eigenvalue weighted by Crippen LogP contribution is -2.02. The number of imidazole rings is 1. The SMILES string of the molecule is CCn1c(-c2cscn2)cnc1N. The molecule has 68 valence electrons. The van der Waals surface area contributed by atoms with Crippen molar-refractivity contribution in [1.29, 1.82) is 0 Å². The Morgan fingerprint density at radius 1 is 1.54 bits per heavy atom. The fourth-order valence-electron chi connectivity index (χ4n) is 1.27. The third-order valence-corrected chi connectivity index (χ3v) is 2.48. The molecule has 13 heavy (non-hydrogen) atoms. The van der Waals surface area contributed by atoms with Crippen LogP contribution in [0.25, 0.3) is 11.4 Å². The zero-order valence-corrected chi connectivity index (χ0v) is 8.08. The smallest absolute Gasteiger partial charge is 0.200 e. The highest BCUT2D eigenvalue weighted by Crippen LogP contribution is 2.21. The van der Waals surface area contributed by atoms with Gasteiger partial charge >= 0.3 is 0 Å². The maximum atomic E-state index is 5.69. The first-order valence-electron chi connectivity index (χ1n) is 4.02. The van der Waals surface area contributed by atoms with Gasteiger partial charge in [0, 0.05) is 11.9 Å². The first-order valence-corrected chi connectivity index (χ1v) is 4.96. The van der Waals surface area contributed by atoms with Gasteiger partial charge in [0.1, 0.15) is 0 Å². The van der Waals surface area contributed by atoms with E-state index in [9.17, 15) is 0 Å². The Labute approximate surface area is 80.1 Å². The van der Waals surface area contributed by atoms with Crippen LogP contribution in [0.15, 0.2) is 17.1 Å². The molecule has 0 aliphatic heterocycles. The molecule has 2 N–H and O–H groups in total. The van der Waals surface area contributed by atoms with Crippen LogP contribution in [0.4, 0.5) is 5.95 Å². The first kappa shape index (κ1) is 8.25. The summed E-state index contributed by atoms with van der Waals surface area (Å²) in [4.78, 5) is 8.26. The molecule has 0 radical (unpaired) electrons. The van der Waals surface area contributed by atoms with Gasteiger partial charge in [-0.3, -0.25) is 0 Å². The zero-order chi connectivity index (χ0) is 9.26. The maximum Gasteiger partial charge on any atom is 0.200 e. The van der Waals surface area contributed by atoms with Crippen molar-refractivity contribution in [3.8, 4) is 11.4 Å². The number of aromatic nitrogens is 3. The third-order valence-electron chi connectivity index (χ3n) is 1.90. The maximum absolute atomic E-state index is 5.69.